The Balaban J connectivity index is 1.93. The molecule has 0 spiro atoms. The van der Waals surface area contributed by atoms with Crippen LogP contribution < -0.4 is 0 Å². The van der Waals surface area contributed by atoms with Crippen LogP contribution in [-0.2, 0) is 19.1 Å². The molecule has 0 radical (unpaired) electrons. The van der Waals surface area contributed by atoms with Crippen LogP contribution in [0.5, 0.6) is 0 Å². The highest BCUT2D eigenvalue weighted by atomic mass is 32.1. The first-order chi connectivity index (χ1) is 21.7. The Morgan fingerprint density at radius 2 is 2.02 bits per heavy atom. The van der Waals surface area contributed by atoms with Crippen molar-refractivity contribution in [3.8, 4) is 0 Å². The lowest BCUT2D eigenvalue weighted by atomic mass is 9.73. The van der Waals surface area contributed by atoms with Gasteiger partial charge in [0.2, 0.25) is 0 Å². The molecule has 2 N–H and O–H groups in total. The van der Waals surface area contributed by atoms with Crippen molar-refractivity contribution in [3.63, 3.8) is 0 Å². The summed E-state index contributed by atoms with van der Waals surface area (Å²) in [6, 6.07) is 6.19. The molecule has 12 heteroatoms. The van der Waals surface area contributed by atoms with Gasteiger partial charge in [0.15, 0.2) is 0 Å². The average molecular weight is 653 g/mol. The Morgan fingerprint density at radius 1 is 1.28 bits per heavy atom. The number of rotatable bonds is 6. The fourth-order valence-electron chi connectivity index (χ4n) is 5.44. The minimum absolute atomic E-state index is 0.0297. The van der Waals surface area contributed by atoms with Crippen molar-refractivity contribution in [1.29, 1.82) is 0 Å². The van der Waals surface area contributed by atoms with Gasteiger partial charge in [0.05, 0.1) is 40.3 Å². The number of aromatic nitrogens is 1. The summed E-state index contributed by atoms with van der Waals surface area (Å²) in [6.07, 6.45) is 2.40. The number of aryl methyl sites for hydroxylation is 1. The van der Waals surface area contributed by atoms with E-state index >= 15 is 0 Å². The highest BCUT2D eigenvalue weighted by Gasteiger charge is 2.42. The summed E-state index contributed by atoms with van der Waals surface area (Å²) in [5, 5.41) is 28.4. The molecule has 0 unspecified atom stereocenters. The molecule has 248 valence electrons. The highest BCUT2D eigenvalue weighted by molar-refractivity contribution is 7.09. The lowest BCUT2D eigenvalue weighted by Crippen LogP contribution is -2.45. The van der Waals surface area contributed by atoms with Gasteiger partial charge in [0.25, 0.3) is 0 Å². The Bertz CT molecular complexity index is 1510. The van der Waals surface area contributed by atoms with Crippen LogP contribution in [0, 0.1) is 24.2 Å². The van der Waals surface area contributed by atoms with Crippen molar-refractivity contribution >= 4 is 40.8 Å². The molecule has 1 aromatic heterocycles. The quantitative estimate of drug-likeness (QED) is 0.110. The molecule has 1 aromatic carbocycles. The van der Waals surface area contributed by atoms with E-state index in [4.69, 9.17) is 15.0 Å². The van der Waals surface area contributed by atoms with Gasteiger partial charge in [-0.05, 0) is 73.9 Å². The minimum Gasteiger partial charge on any atom is -0.458 e. The number of nitrogens with zero attached hydrogens (tertiary/aromatic N) is 4. The number of thiazole rings is 1. The Morgan fingerprint density at radius 3 is 2.70 bits per heavy atom. The van der Waals surface area contributed by atoms with Crippen molar-refractivity contribution < 1.29 is 34.1 Å². The van der Waals surface area contributed by atoms with Gasteiger partial charge in [-0.1, -0.05) is 51.0 Å². The molecule has 11 nitrogen and oxygen atoms in total. The molecule has 2 aromatic rings. The molecule has 3 rings (SSSR count). The van der Waals surface area contributed by atoms with Crippen molar-refractivity contribution in [1.82, 2.24) is 4.98 Å². The Kier molecular flexibility index (Phi) is 13.3. The number of aliphatic hydroxyl groups excluding tert-OH is 2. The third kappa shape index (κ3) is 10.1. The van der Waals surface area contributed by atoms with Gasteiger partial charge in [-0.2, -0.15) is 0 Å². The van der Waals surface area contributed by atoms with Crippen molar-refractivity contribution in [2.75, 3.05) is 6.61 Å². The van der Waals surface area contributed by atoms with E-state index in [2.05, 4.69) is 15.0 Å². The zero-order chi connectivity index (χ0) is 34.0. The standard InChI is InChI=1S/C34H44N4O7S/c1-20-9-7-10-24(18-44-33(43)25-11-8-12-26(16-25)37-38-35)13-14-28(21(2)15-27-19-46-23(4)36-27)45-30(40)17-29(39)34(5,6)32(42)22(3)31(20)41/h8,11-13,15-16,19-20,22,28-29,31,39,41H,7,9-10,14,17-18H2,1-6H3/b21-15+,24-13+/t20-,22+,28-,29-,31-/m0/s1. The summed E-state index contributed by atoms with van der Waals surface area (Å²) in [6.45, 7) is 10.4. The van der Waals surface area contributed by atoms with Crippen LogP contribution in [-0.4, -0.2) is 57.8 Å². The number of ether oxygens (including phenoxy) is 2. The second kappa shape index (κ2) is 16.6. The summed E-state index contributed by atoms with van der Waals surface area (Å²) >= 11 is 1.50. The number of esters is 2. The number of azide groups is 1. The topological polar surface area (TPSA) is 172 Å². The number of Topliss-reactive ketones (excluding diaryl/α,β-unsaturated/α-hetero) is 1. The largest absolute Gasteiger partial charge is 0.458 e. The van der Waals surface area contributed by atoms with Crippen molar-refractivity contribution in [3.05, 3.63) is 73.6 Å². The van der Waals surface area contributed by atoms with Gasteiger partial charge >= 0.3 is 11.9 Å². The lowest BCUT2D eigenvalue weighted by Gasteiger charge is -2.34. The highest BCUT2D eigenvalue weighted by Crippen LogP contribution is 2.32. The van der Waals surface area contributed by atoms with Gasteiger partial charge in [-0.15, -0.1) is 11.3 Å². The summed E-state index contributed by atoms with van der Waals surface area (Å²) in [5.74, 6) is -2.58. The first kappa shape index (κ1) is 36.6. The molecule has 0 saturated carbocycles. The number of benzene rings is 1. The van der Waals surface area contributed by atoms with E-state index in [9.17, 15) is 24.6 Å². The van der Waals surface area contributed by atoms with E-state index in [1.807, 2.05) is 38.3 Å². The van der Waals surface area contributed by atoms with Gasteiger partial charge < -0.3 is 19.7 Å². The molecular formula is C34H44N4O7S. The van der Waals surface area contributed by atoms with E-state index in [-0.39, 0.29) is 36.0 Å². The van der Waals surface area contributed by atoms with E-state index < -0.39 is 48.0 Å². The van der Waals surface area contributed by atoms with Gasteiger partial charge in [-0.3, -0.25) is 9.59 Å². The maximum atomic E-state index is 13.4. The predicted octanol–water partition coefficient (Wildman–Crippen LogP) is 7.05. The Labute approximate surface area is 274 Å². The number of ketones is 1. The zero-order valence-electron chi connectivity index (χ0n) is 27.3. The summed E-state index contributed by atoms with van der Waals surface area (Å²) < 4.78 is 11.5. The van der Waals surface area contributed by atoms with Gasteiger partial charge in [0, 0.05) is 28.3 Å². The number of carbonyl (C=O) groups is 3. The smallest absolute Gasteiger partial charge is 0.338 e. The number of aliphatic hydroxyl groups is 2. The summed E-state index contributed by atoms with van der Waals surface area (Å²) in [7, 11) is 0. The number of cyclic esters (lactones) is 1. The monoisotopic (exact) mass is 652 g/mol. The van der Waals surface area contributed by atoms with Crippen molar-refractivity contribution in [2.24, 2.45) is 22.4 Å². The third-order valence-electron chi connectivity index (χ3n) is 8.54. The molecule has 1 aliphatic rings. The third-order valence-corrected chi connectivity index (χ3v) is 9.33. The van der Waals surface area contributed by atoms with Crippen LogP contribution >= 0.6 is 11.3 Å². The van der Waals surface area contributed by atoms with Crippen LogP contribution in [0.3, 0.4) is 0 Å². The van der Waals surface area contributed by atoms with E-state index in [1.165, 1.54) is 17.4 Å². The molecular weight excluding hydrogens is 608 g/mol. The molecule has 46 heavy (non-hydrogen) atoms. The summed E-state index contributed by atoms with van der Waals surface area (Å²) in [4.78, 5) is 46.7. The lowest BCUT2D eigenvalue weighted by molar-refractivity contribution is -0.154. The molecule has 0 bridgehead atoms. The second-order valence-electron chi connectivity index (χ2n) is 12.5. The Hall–Kier alpha value is -3.83. The van der Waals surface area contributed by atoms with E-state index in [0.29, 0.717) is 19.3 Å². The van der Waals surface area contributed by atoms with Crippen LogP contribution in [0.1, 0.15) is 87.8 Å². The van der Waals surface area contributed by atoms with Crippen LogP contribution in [0.2, 0.25) is 0 Å². The first-order valence-electron chi connectivity index (χ1n) is 15.4. The van der Waals surface area contributed by atoms with Crippen LogP contribution in [0.15, 0.2) is 52.0 Å². The van der Waals surface area contributed by atoms with Crippen molar-refractivity contribution in [2.45, 2.75) is 92.0 Å². The van der Waals surface area contributed by atoms with Gasteiger partial charge in [-0.25, -0.2) is 9.78 Å². The zero-order valence-corrected chi connectivity index (χ0v) is 28.1. The molecule has 1 aliphatic heterocycles. The minimum atomic E-state index is -1.32. The molecule has 0 aliphatic carbocycles. The van der Waals surface area contributed by atoms with Gasteiger partial charge in [0.1, 0.15) is 18.5 Å². The molecule has 2 heterocycles. The maximum absolute atomic E-state index is 13.4. The second-order valence-corrected chi connectivity index (χ2v) is 13.6. The fourth-order valence-corrected chi connectivity index (χ4v) is 6.01. The number of hydrogen-bond donors (Lipinski definition) is 2. The normalized spacial score (nSPS) is 26.3. The molecule has 0 fully saturated rings. The van der Waals surface area contributed by atoms with E-state index in [0.717, 1.165) is 21.8 Å². The predicted molar refractivity (Wildman–Crippen MR) is 176 cm³/mol. The maximum Gasteiger partial charge on any atom is 0.338 e. The average Bonchev–Trinajstić information content (AvgIpc) is 3.43. The number of carbonyl (C=O) groups excluding carboxylic acids is 3. The summed E-state index contributed by atoms with van der Waals surface area (Å²) in [5.41, 5.74) is 10.2. The fraction of sp³-hybridized carbons (Fsp3) is 0.529. The van der Waals surface area contributed by atoms with E-state index in [1.54, 1.807) is 39.0 Å². The SMILES string of the molecule is C/C(=C\c1csc(C)n1)[C@@H]1C/C=C(/COC(=O)c2cccc(N=[N+]=[N-])c2)CCC[C@H](C)[C@H](O)[C@@H](C)C(=O)C(C)(C)[C@@H](O)CC(=O)O1. The molecule has 0 saturated heterocycles. The van der Waals surface area contributed by atoms with Crippen LogP contribution in [0.4, 0.5) is 5.69 Å². The molecule has 0 amide bonds. The van der Waals surface area contributed by atoms with Crippen LogP contribution in [0.25, 0.3) is 16.5 Å². The number of hydrogen-bond acceptors (Lipinski definition) is 10. The first-order valence-corrected chi connectivity index (χ1v) is 16.3. The molecule has 5 atom stereocenters.